The van der Waals surface area contributed by atoms with E-state index in [4.69, 9.17) is 10.5 Å². The maximum absolute atomic E-state index is 5.93. The van der Waals surface area contributed by atoms with Crippen molar-refractivity contribution < 1.29 is 4.74 Å². The lowest BCUT2D eigenvalue weighted by atomic mass is 10.1. The zero-order valence-corrected chi connectivity index (χ0v) is 10.2. The van der Waals surface area contributed by atoms with Crippen molar-refractivity contribution in [1.82, 2.24) is 0 Å². The second-order valence-electron chi connectivity index (χ2n) is 3.95. The van der Waals surface area contributed by atoms with Crippen molar-refractivity contribution in [2.45, 2.75) is 31.5 Å². The van der Waals surface area contributed by atoms with Gasteiger partial charge in [0, 0.05) is 4.47 Å². The lowest BCUT2D eigenvalue weighted by Gasteiger charge is -2.13. The van der Waals surface area contributed by atoms with E-state index in [0.717, 1.165) is 30.3 Å². The predicted molar refractivity (Wildman–Crippen MR) is 64.7 cm³/mol. The Bertz CT molecular complexity index is 312. The molecule has 1 saturated heterocycles. The van der Waals surface area contributed by atoms with Crippen molar-refractivity contribution in [2.24, 2.45) is 5.73 Å². The van der Waals surface area contributed by atoms with Gasteiger partial charge in [-0.05, 0) is 43.5 Å². The van der Waals surface area contributed by atoms with Crippen LogP contribution in [0.5, 0.6) is 0 Å². The first kappa shape index (κ1) is 11.1. The van der Waals surface area contributed by atoms with E-state index in [0.29, 0.717) is 6.10 Å². The highest BCUT2D eigenvalue weighted by Crippen LogP contribution is 2.34. The number of nitrogens with two attached hydrogens (primary N) is 1. The first-order valence-electron chi connectivity index (χ1n) is 5.40. The number of halogens is 1. The fraction of sp³-hybridized carbons (Fsp3) is 0.500. The molecule has 1 aliphatic rings. The number of ether oxygens (including phenoxy) is 1. The van der Waals surface area contributed by atoms with Crippen LogP contribution in [0.25, 0.3) is 0 Å². The van der Waals surface area contributed by atoms with E-state index in [1.807, 2.05) is 0 Å². The summed E-state index contributed by atoms with van der Waals surface area (Å²) in [6.07, 6.45) is 3.87. The average Bonchev–Trinajstić information content (AvgIpc) is 2.68. The zero-order valence-electron chi connectivity index (χ0n) is 8.66. The van der Waals surface area contributed by atoms with Crippen molar-refractivity contribution in [3.63, 3.8) is 0 Å². The van der Waals surface area contributed by atoms with Crippen LogP contribution in [-0.4, -0.2) is 12.6 Å². The van der Waals surface area contributed by atoms with Gasteiger partial charge in [0.25, 0.3) is 0 Å². The van der Waals surface area contributed by atoms with Gasteiger partial charge < -0.3 is 10.5 Å². The second-order valence-corrected chi connectivity index (χ2v) is 4.87. The summed E-state index contributed by atoms with van der Waals surface area (Å²) in [6, 6.07) is 8.38. The van der Waals surface area contributed by atoms with Gasteiger partial charge in [-0.15, -0.1) is 0 Å². The molecule has 0 saturated carbocycles. The smallest absolute Gasteiger partial charge is 0.0829 e. The zero-order chi connectivity index (χ0) is 10.7. The maximum atomic E-state index is 5.93. The second kappa shape index (κ2) is 5.10. The standard InChI is InChI=1S/C12H16BrNO/c13-10-3-1-9(2-4-10)12-6-5-11(15-12)7-8-14/h1-4,11-12H,5-8,14H2. The summed E-state index contributed by atoms with van der Waals surface area (Å²) < 4.78 is 7.05. The summed E-state index contributed by atoms with van der Waals surface area (Å²) >= 11 is 3.43. The minimum atomic E-state index is 0.273. The Morgan fingerprint density at radius 1 is 1.27 bits per heavy atom. The van der Waals surface area contributed by atoms with Crippen molar-refractivity contribution in [3.8, 4) is 0 Å². The number of rotatable bonds is 3. The molecule has 0 radical (unpaired) electrons. The molecule has 0 bridgehead atoms. The molecule has 82 valence electrons. The Morgan fingerprint density at radius 2 is 2.00 bits per heavy atom. The van der Waals surface area contributed by atoms with Crippen molar-refractivity contribution in [3.05, 3.63) is 34.3 Å². The van der Waals surface area contributed by atoms with Crippen molar-refractivity contribution in [2.75, 3.05) is 6.54 Å². The Hall–Kier alpha value is -0.380. The van der Waals surface area contributed by atoms with Crippen LogP contribution in [0.15, 0.2) is 28.7 Å². The molecule has 0 spiro atoms. The molecule has 2 atom stereocenters. The molecule has 1 fully saturated rings. The molecule has 1 aromatic carbocycles. The lowest BCUT2D eigenvalue weighted by molar-refractivity contribution is 0.0414. The summed E-state index contributed by atoms with van der Waals surface area (Å²) in [6.45, 7) is 0.720. The fourth-order valence-electron chi connectivity index (χ4n) is 2.03. The van der Waals surface area contributed by atoms with E-state index in [9.17, 15) is 0 Å². The molecule has 2 unspecified atom stereocenters. The SMILES string of the molecule is NCCC1CCC(c2ccc(Br)cc2)O1. The quantitative estimate of drug-likeness (QED) is 0.916. The van der Waals surface area contributed by atoms with Crippen LogP contribution in [-0.2, 0) is 4.74 Å². The van der Waals surface area contributed by atoms with Crippen molar-refractivity contribution >= 4 is 15.9 Å². The topological polar surface area (TPSA) is 35.2 Å². The van der Waals surface area contributed by atoms with E-state index >= 15 is 0 Å². The Labute approximate surface area is 98.9 Å². The molecule has 15 heavy (non-hydrogen) atoms. The maximum Gasteiger partial charge on any atom is 0.0829 e. The minimum absolute atomic E-state index is 0.273. The van der Waals surface area contributed by atoms with Gasteiger partial charge in [0.2, 0.25) is 0 Å². The number of benzene rings is 1. The van der Waals surface area contributed by atoms with E-state index in [1.165, 1.54) is 5.56 Å². The number of hydrogen-bond acceptors (Lipinski definition) is 2. The van der Waals surface area contributed by atoms with Crippen molar-refractivity contribution in [1.29, 1.82) is 0 Å². The Balaban J connectivity index is 1.98. The van der Waals surface area contributed by atoms with E-state index in [-0.39, 0.29) is 6.10 Å². The third-order valence-corrected chi connectivity index (χ3v) is 3.37. The first-order chi connectivity index (χ1) is 7.29. The molecule has 3 heteroatoms. The van der Waals surface area contributed by atoms with Crippen LogP contribution in [0, 0.1) is 0 Å². The molecule has 0 aliphatic carbocycles. The molecule has 0 aromatic heterocycles. The molecule has 1 aromatic rings. The molecule has 0 amide bonds. The van der Waals surface area contributed by atoms with Gasteiger partial charge in [-0.1, -0.05) is 28.1 Å². The van der Waals surface area contributed by atoms with Crippen LogP contribution >= 0.6 is 15.9 Å². The largest absolute Gasteiger partial charge is 0.370 e. The van der Waals surface area contributed by atoms with Gasteiger partial charge in [0.15, 0.2) is 0 Å². The molecule has 1 aliphatic heterocycles. The van der Waals surface area contributed by atoms with Gasteiger partial charge in [-0.25, -0.2) is 0 Å². The molecular weight excluding hydrogens is 254 g/mol. The van der Waals surface area contributed by atoms with Gasteiger partial charge in [0.05, 0.1) is 12.2 Å². The number of hydrogen-bond donors (Lipinski definition) is 1. The first-order valence-corrected chi connectivity index (χ1v) is 6.20. The van der Waals surface area contributed by atoms with Crippen LogP contribution in [0.3, 0.4) is 0 Å². The summed E-state index contributed by atoms with van der Waals surface area (Å²) in [5, 5.41) is 0. The van der Waals surface area contributed by atoms with Gasteiger partial charge in [0.1, 0.15) is 0 Å². The van der Waals surface area contributed by atoms with Crippen LogP contribution in [0.2, 0.25) is 0 Å². The van der Waals surface area contributed by atoms with Gasteiger partial charge >= 0.3 is 0 Å². The highest BCUT2D eigenvalue weighted by Gasteiger charge is 2.25. The summed E-state index contributed by atoms with van der Waals surface area (Å²) in [4.78, 5) is 0. The monoisotopic (exact) mass is 269 g/mol. The summed E-state index contributed by atoms with van der Waals surface area (Å²) in [5.74, 6) is 0. The average molecular weight is 270 g/mol. The third-order valence-electron chi connectivity index (χ3n) is 2.84. The lowest BCUT2D eigenvalue weighted by Crippen LogP contribution is -2.12. The molecule has 2 rings (SSSR count). The predicted octanol–water partition coefficient (Wildman–Crippen LogP) is 3.02. The molecule has 2 N–H and O–H groups in total. The highest BCUT2D eigenvalue weighted by atomic mass is 79.9. The van der Waals surface area contributed by atoms with Gasteiger partial charge in [-0.3, -0.25) is 0 Å². The van der Waals surface area contributed by atoms with E-state index in [1.54, 1.807) is 0 Å². The van der Waals surface area contributed by atoms with Crippen LogP contribution < -0.4 is 5.73 Å². The van der Waals surface area contributed by atoms with Gasteiger partial charge in [-0.2, -0.15) is 0 Å². The summed E-state index contributed by atoms with van der Waals surface area (Å²) in [5.41, 5.74) is 6.80. The molecule has 1 heterocycles. The third kappa shape index (κ3) is 2.80. The normalized spacial score (nSPS) is 25.7. The van der Waals surface area contributed by atoms with E-state index in [2.05, 4.69) is 40.2 Å². The highest BCUT2D eigenvalue weighted by molar-refractivity contribution is 9.10. The van der Waals surface area contributed by atoms with Crippen LogP contribution in [0.4, 0.5) is 0 Å². The Kier molecular flexibility index (Phi) is 3.78. The fourth-order valence-corrected chi connectivity index (χ4v) is 2.29. The molecule has 2 nitrogen and oxygen atoms in total. The molecular formula is C12H16BrNO. The summed E-state index contributed by atoms with van der Waals surface area (Å²) in [7, 11) is 0. The van der Waals surface area contributed by atoms with E-state index < -0.39 is 0 Å². The minimum Gasteiger partial charge on any atom is -0.370 e. The van der Waals surface area contributed by atoms with Crippen LogP contribution in [0.1, 0.15) is 30.9 Å². The Morgan fingerprint density at radius 3 is 2.67 bits per heavy atom.